The summed E-state index contributed by atoms with van der Waals surface area (Å²) in [5.41, 5.74) is -1.57. The van der Waals surface area contributed by atoms with E-state index >= 15 is 0 Å². The Kier molecular flexibility index (Phi) is 3.03. The van der Waals surface area contributed by atoms with Crippen molar-refractivity contribution in [3.05, 3.63) is 35.6 Å². The van der Waals surface area contributed by atoms with Crippen LogP contribution >= 0.6 is 0 Å². The van der Waals surface area contributed by atoms with Crippen molar-refractivity contribution in [3.63, 3.8) is 0 Å². The van der Waals surface area contributed by atoms with E-state index < -0.39 is 11.2 Å². The number of halogens is 1. The monoisotopic (exact) mass is 252 g/mol. The molecule has 3 heteroatoms. The molecule has 1 unspecified atom stereocenters. The van der Waals surface area contributed by atoms with Gasteiger partial charge in [0, 0.05) is 12.8 Å². The molecule has 0 amide bonds. The summed E-state index contributed by atoms with van der Waals surface area (Å²) < 4.78 is 19.6. The van der Waals surface area contributed by atoms with E-state index in [2.05, 4.69) is 0 Å². The number of hydrogen-bond donors (Lipinski definition) is 1. The van der Waals surface area contributed by atoms with Crippen molar-refractivity contribution < 1.29 is 14.2 Å². The first-order valence-corrected chi connectivity index (χ1v) is 6.31. The van der Waals surface area contributed by atoms with Gasteiger partial charge in [-0.15, -0.1) is 0 Å². The Labute approximate surface area is 108 Å². The van der Waals surface area contributed by atoms with Gasteiger partial charge in [0.05, 0.1) is 16.8 Å². The number of rotatable bonds is 2. The number of aliphatic hydroxyl groups is 1. The molecule has 1 aliphatic rings. The molecule has 1 aromatic rings. The van der Waals surface area contributed by atoms with Gasteiger partial charge in [-0.3, -0.25) is 0 Å². The smallest absolute Gasteiger partial charge is 0.126 e. The fourth-order valence-corrected chi connectivity index (χ4v) is 2.97. The highest BCUT2D eigenvalue weighted by atomic mass is 19.1. The Morgan fingerprint density at radius 2 is 1.83 bits per heavy atom. The van der Waals surface area contributed by atoms with E-state index in [4.69, 9.17) is 4.74 Å². The number of benzene rings is 1. The van der Waals surface area contributed by atoms with Crippen LogP contribution in [0.15, 0.2) is 24.3 Å². The van der Waals surface area contributed by atoms with Crippen LogP contribution in [0.25, 0.3) is 0 Å². The van der Waals surface area contributed by atoms with Gasteiger partial charge in [-0.05, 0) is 39.3 Å². The largest absolute Gasteiger partial charge is 0.386 e. The van der Waals surface area contributed by atoms with Crippen LogP contribution in [0.4, 0.5) is 4.39 Å². The van der Waals surface area contributed by atoms with Crippen molar-refractivity contribution in [1.29, 1.82) is 0 Å². The van der Waals surface area contributed by atoms with E-state index in [0.717, 1.165) is 0 Å². The molecule has 0 aliphatic carbocycles. The summed E-state index contributed by atoms with van der Waals surface area (Å²) in [6.45, 7) is 7.63. The summed E-state index contributed by atoms with van der Waals surface area (Å²) in [6, 6.07) is 6.58. The van der Waals surface area contributed by atoms with Gasteiger partial charge < -0.3 is 9.84 Å². The minimum absolute atomic E-state index is 0.272. The lowest BCUT2D eigenvalue weighted by molar-refractivity contribution is -0.125. The quantitative estimate of drug-likeness (QED) is 0.876. The van der Waals surface area contributed by atoms with Gasteiger partial charge in [0.25, 0.3) is 0 Å². The van der Waals surface area contributed by atoms with Crippen LogP contribution in [0.3, 0.4) is 0 Å². The fourth-order valence-electron chi connectivity index (χ4n) is 2.97. The molecule has 1 saturated heterocycles. The van der Waals surface area contributed by atoms with Gasteiger partial charge in [-0.2, -0.15) is 0 Å². The van der Waals surface area contributed by atoms with Crippen molar-refractivity contribution in [1.82, 2.24) is 0 Å². The minimum atomic E-state index is -1.04. The van der Waals surface area contributed by atoms with Crippen LogP contribution < -0.4 is 0 Å². The molecule has 100 valence electrons. The van der Waals surface area contributed by atoms with E-state index in [-0.39, 0.29) is 17.8 Å². The summed E-state index contributed by atoms with van der Waals surface area (Å²) >= 11 is 0. The highest BCUT2D eigenvalue weighted by Gasteiger charge is 2.56. The average molecular weight is 252 g/mol. The summed E-state index contributed by atoms with van der Waals surface area (Å²) in [4.78, 5) is 0. The van der Waals surface area contributed by atoms with Crippen molar-refractivity contribution in [2.24, 2.45) is 0 Å². The van der Waals surface area contributed by atoms with Gasteiger partial charge in [0.15, 0.2) is 0 Å². The lowest BCUT2D eigenvalue weighted by Gasteiger charge is -2.35. The highest BCUT2D eigenvalue weighted by Crippen LogP contribution is 2.46. The molecule has 0 aromatic heterocycles. The van der Waals surface area contributed by atoms with Gasteiger partial charge in [-0.25, -0.2) is 4.39 Å². The standard InChI is InChI=1S/C15H21FO2/c1-13(2)10-15(17,14(3,4)18-13)9-11-7-5-6-8-12(11)16/h5-8,17H,9-10H2,1-4H3. The van der Waals surface area contributed by atoms with Crippen LogP contribution in [0.1, 0.15) is 39.7 Å². The topological polar surface area (TPSA) is 29.5 Å². The van der Waals surface area contributed by atoms with Crippen LogP contribution in [0.2, 0.25) is 0 Å². The Morgan fingerprint density at radius 3 is 2.33 bits per heavy atom. The molecular weight excluding hydrogens is 231 g/mol. The molecule has 1 aromatic carbocycles. The van der Waals surface area contributed by atoms with Gasteiger partial charge in [-0.1, -0.05) is 18.2 Å². The maximum Gasteiger partial charge on any atom is 0.126 e. The summed E-state index contributed by atoms with van der Waals surface area (Å²) in [5, 5.41) is 10.8. The zero-order chi connectivity index (χ0) is 13.6. The maximum atomic E-state index is 13.7. The molecule has 0 spiro atoms. The van der Waals surface area contributed by atoms with Gasteiger partial charge >= 0.3 is 0 Å². The van der Waals surface area contributed by atoms with Crippen molar-refractivity contribution in [3.8, 4) is 0 Å². The van der Waals surface area contributed by atoms with E-state index in [1.54, 1.807) is 18.2 Å². The molecule has 1 atom stereocenters. The maximum absolute atomic E-state index is 13.7. The molecule has 18 heavy (non-hydrogen) atoms. The lowest BCUT2D eigenvalue weighted by atomic mass is 9.78. The Bertz CT molecular complexity index is 454. The molecule has 1 fully saturated rings. The predicted molar refractivity (Wildman–Crippen MR) is 68.9 cm³/mol. The molecule has 2 nitrogen and oxygen atoms in total. The Balaban J connectivity index is 2.30. The first kappa shape index (κ1) is 13.5. The average Bonchev–Trinajstić information content (AvgIpc) is 2.34. The first-order valence-electron chi connectivity index (χ1n) is 6.31. The second kappa shape index (κ2) is 4.04. The number of hydrogen-bond acceptors (Lipinski definition) is 2. The van der Waals surface area contributed by atoms with Crippen LogP contribution in [-0.4, -0.2) is 21.9 Å². The summed E-state index contributed by atoms with van der Waals surface area (Å²) in [6.07, 6.45) is 0.775. The van der Waals surface area contributed by atoms with Crippen molar-refractivity contribution >= 4 is 0 Å². The summed E-state index contributed by atoms with van der Waals surface area (Å²) in [7, 11) is 0. The third-order valence-electron chi connectivity index (χ3n) is 3.81. The fraction of sp³-hybridized carbons (Fsp3) is 0.600. The Morgan fingerprint density at radius 1 is 1.22 bits per heavy atom. The lowest BCUT2D eigenvalue weighted by Crippen LogP contribution is -2.48. The molecule has 1 aliphatic heterocycles. The second-order valence-electron chi connectivity index (χ2n) is 6.35. The Hall–Kier alpha value is -0.930. The number of ether oxygens (including phenoxy) is 1. The first-order chi connectivity index (χ1) is 8.15. The molecule has 1 heterocycles. The third kappa shape index (κ3) is 2.29. The normalized spacial score (nSPS) is 29.4. The SMILES string of the molecule is CC1(C)CC(O)(Cc2ccccc2F)C(C)(C)O1. The van der Waals surface area contributed by atoms with E-state index in [1.807, 2.05) is 27.7 Å². The second-order valence-corrected chi connectivity index (χ2v) is 6.35. The molecule has 0 bridgehead atoms. The molecule has 2 rings (SSSR count). The summed E-state index contributed by atoms with van der Waals surface area (Å²) in [5.74, 6) is -0.272. The zero-order valence-electron chi connectivity index (χ0n) is 11.5. The van der Waals surface area contributed by atoms with Crippen LogP contribution in [0.5, 0.6) is 0 Å². The van der Waals surface area contributed by atoms with Crippen molar-refractivity contribution in [2.75, 3.05) is 0 Å². The third-order valence-corrected chi connectivity index (χ3v) is 3.81. The highest BCUT2D eigenvalue weighted by molar-refractivity contribution is 5.22. The molecule has 0 saturated carbocycles. The van der Waals surface area contributed by atoms with E-state index in [1.165, 1.54) is 6.07 Å². The molecular formula is C15H21FO2. The molecule has 0 radical (unpaired) electrons. The van der Waals surface area contributed by atoms with Gasteiger partial charge in [0.1, 0.15) is 5.82 Å². The van der Waals surface area contributed by atoms with E-state index in [9.17, 15) is 9.50 Å². The minimum Gasteiger partial charge on any atom is -0.386 e. The van der Waals surface area contributed by atoms with Crippen LogP contribution in [-0.2, 0) is 11.2 Å². The molecule has 1 N–H and O–H groups in total. The predicted octanol–water partition coefficient (Wildman–Crippen LogP) is 3.08. The zero-order valence-corrected chi connectivity index (χ0v) is 11.5. The van der Waals surface area contributed by atoms with Crippen LogP contribution in [0, 0.1) is 5.82 Å². The van der Waals surface area contributed by atoms with E-state index in [0.29, 0.717) is 12.0 Å². The van der Waals surface area contributed by atoms with Gasteiger partial charge in [0.2, 0.25) is 0 Å². The van der Waals surface area contributed by atoms with Crippen molar-refractivity contribution in [2.45, 2.75) is 57.3 Å².